The molecule has 0 aromatic rings. The lowest BCUT2D eigenvalue weighted by molar-refractivity contribution is -0.00000439. The van der Waals surface area contributed by atoms with E-state index in [1.165, 1.54) is 96.1 Å². The predicted molar refractivity (Wildman–Crippen MR) is 95.3 cm³/mol. The van der Waals surface area contributed by atoms with Crippen molar-refractivity contribution in [3.8, 4) is 0 Å². The number of rotatable bonds is 15. The molecule has 0 heterocycles. The average Bonchev–Trinajstić information content (AvgIpc) is 2.39. The normalized spacial score (nSPS) is 10.8. The molecule has 0 nitrogen and oxygen atoms in total. The molecule has 0 atom stereocenters. The van der Waals surface area contributed by atoms with Gasteiger partial charge in [-0.2, -0.15) is 0 Å². The SMILES string of the molecule is CCCCCCCCCCCCCCCC[PH+](C)C.[Cl-]. The Kier molecular flexibility index (Phi) is 22.7. The standard InChI is InChI=1S/C18H39P.ClH/c1-4-5-6-7-8-9-10-11-12-13-14-15-16-17-18-19(2)3;/h4-18H2,1-3H3;1H. The molecule has 2 heteroatoms. The highest BCUT2D eigenvalue weighted by molar-refractivity contribution is 7.55. The zero-order chi connectivity index (χ0) is 14.2. The quantitative estimate of drug-likeness (QED) is 0.316. The van der Waals surface area contributed by atoms with Crippen LogP contribution in [-0.2, 0) is 0 Å². The maximum atomic E-state index is 2.44. The number of hydrogen-bond acceptors (Lipinski definition) is 0. The lowest BCUT2D eigenvalue weighted by Gasteiger charge is -2.03. The second-order valence-corrected chi connectivity index (χ2v) is 9.47. The van der Waals surface area contributed by atoms with Gasteiger partial charge >= 0.3 is 0 Å². The summed E-state index contributed by atoms with van der Waals surface area (Å²) in [5, 5.41) is 0. The Labute approximate surface area is 137 Å². The Balaban J connectivity index is 0. The highest BCUT2D eigenvalue weighted by atomic mass is 35.5. The van der Waals surface area contributed by atoms with Gasteiger partial charge in [-0.15, -0.1) is 0 Å². The van der Waals surface area contributed by atoms with Crippen LogP contribution in [0, 0.1) is 0 Å². The molecule has 0 spiro atoms. The van der Waals surface area contributed by atoms with E-state index in [4.69, 9.17) is 0 Å². The molecule has 0 aromatic heterocycles. The zero-order valence-electron chi connectivity index (χ0n) is 14.5. The van der Waals surface area contributed by atoms with E-state index in [-0.39, 0.29) is 20.3 Å². The highest BCUT2D eigenvalue weighted by Crippen LogP contribution is 2.26. The molecule has 0 aliphatic heterocycles. The van der Waals surface area contributed by atoms with Gasteiger partial charge in [0.25, 0.3) is 0 Å². The maximum absolute atomic E-state index is 2.44. The zero-order valence-corrected chi connectivity index (χ0v) is 16.2. The molecule has 0 aromatic carbocycles. The number of unbranched alkanes of at least 4 members (excludes halogenated alkanes) is 13. The van der Waals surface area contributed by atoms with Crippen molar-refractivity contribution in [1.82, 2.24) is 0 Å². The van der Waals surface area contributed by atoms with Gasteiger partial charge in [-0.3, -0.25) is 0 Å². The molecule has 0 saturated carbocycles. The fourth-order valence-corrected chi connectivity index (χ4v) is 3.63. The van der Waals surface area contributed by atoms with Crippen molar-refractivity contribution >= 4 is 7.92 Å². The average molecular weight is 323 g/mol. The van der Waals surface area contributed by atoms with Crippen molar-refractivity contribution in [3.63, 3.8) is 0 Å². The third kappa shape index (κ3) is 21.0. The molecule has 0 saturated heterocycles. The summed E-state index contributed by atoms with van der Waals surface area (Å²) in [5.41, 5.74) is 0. The van der Waals surface area contributed by atoms with Gasteiger partial charge < -0.3 is 12.4 Å². The Hall–Kier alpha value is 0.720. The largest absolute Gasteiger partial charge is 1.00 e. The highest BCUT2D eigenvalue weighted by Gasteiger charge is 1.99. The van der Waals surface area contributed by atoms with Crippen LogP contribution in [0.3, 0.4) is 0 Å². The van der Waals surface area contributed by atoms with Crippen molar-refractivity contribution in [3.05, 3.63) is 0 Å². The topological polar surface area (TPSA) is 0 Å². The minimum Gasteiger partial charge on any atom is -1.00 e. The van der Waals surface area contributed by atoms with E-state index in [0.717, 1.165) is 0 Å². The van der Waals surface area contributed by atoms with Crippen molar-refractivity contribution in [2.45, 2.75) is 96.8 Å². The van der Waals surface area contributed by atoms with Crippen molar-refractivity contribution in [1.29, 1.82) is 0 Å². The van der Waals surface area contributed by atoms with Gasteiger partial charge in [0.2, 0.25) is 0 Å². The molecule has 0 aliphatic rings. The summed E-state index contributed by atoms with van der Waals surface area (Å²) < 4.78 is 0. The second-order valence-electron chi connectivity index (χ2n) is 6.55. The van der Waals surface area contributed by atoms with Crippen molar-refractivity contribution < 1.29 is 12.4 Å². The number of hydrogen-bond donors (Lipinski definition) is 0. The van der Waals surface area contributed by atoms with E-state index >= 15 is 0 Å². The summed E-state index contributed by atoms with van der Waals surface area (Å²) in [7, 11) is 0.0497. The number of halogens is 1. The lowest BCUT2D eigenvalue weighted by Crippen LogP contribution is -3.00. The lowest BCUT2D eigenvalue weighted by atomic mass is 10.0. The Morgan fingerprint density at radius 1 is 0.500 bits per heavy atom. The summed E-state index contributed by atoms with van der Waals surface area (Å²) >= 11 is 0. The second kappa shape index (κ2) is 19.7. The first kappa shape index (κ1) is 23.0. The van der Waals surface area contributed by atoms with Crippen LogP contribution in [0.15, 0.2) is 0 Å². The Bertz CT molecular complexity index is 159. The molecule has 0 fully saturated rings. The van der Waals surface area contributed by atoms with Gasteiger partial charge in [0.15, 0.2) is 0 Å². The van der Waals surface area contributed by atoms with Gasteiger partial charge in [0, 0.05) is 13.3 Å². The Morgan fingerprint density at radius 2 is 0.800 bits per heavy atom. The van der Waals surface area contributed by atoms with E-state index in [0.29, 0.717) is 0 Å². The Morgan fingerprint density at radius 3 is 1.10 bits per heavy atom. The smallest absolute Gasteiger partial charge is 0.0566 e. The fourth-order valence-electron chi connectivity index (χ4n) is 2.67. The van der Waals surface area contributed by atoms with Crippen LogP contribution in [0.1, 0.15) is 96.8 Å². The monoisotopic (exact) mass is 322 g/mol. The first-order chi connectivity index (χ1) is 9.27. The van der Waals surface area contributed by atoms with E-state index in [1.807, 2.05) is 0 Å². The van der Waals surface area contributed by atoms with E-state index in [1.54, 1.807) is 0 Å². The van der Waals surface area contributed by atoms with Crippen LogP contribution in [0.25, 0.3) is 0 Å². The molecule has 0 rings (SSSR count). The molecule has 0 bridgehead atoms. The summed E-state index contributed by atoms with van der Waals surface area (Å²) in [6.45, 7) is 7.17. The van der Waals surface area contributed by atoms with E-state index in [2.05, 4.69) is 20.3 Å². The van der Waals surface area contributed by atoms with Gasteiger partial charge in [-0.25, -0.2) is 0 Å². The van der Waals surface area contributed by atoms with Gasteiger partial charge in [-0.05, 0) is 20.8 Å². The summed E-state index contributed by atoms with van der Waals surface area (Å²) in [6.07, 6.45) is 22.2. The minimum atomic E-state index is 0. The molecule has 0 amide bonds. The van der Waals surface area contributed by atoms with Crippen LogP contribution in [0.4, 0.5) is 0 Å². The van der Waals surface area contributed by atoms with Gasteiger partial charge in [-0.1, -0.05) is 84.0 Å². The van der Waals surface area contributed by atoms with Crippen LogP contribution in [-0.4, -0.2) is 19.5 Å². The van der Waals surface area contributed by atoms with Gasteiger partial charge in [0.05, 0.1) is 6.16 Å². The molecule has 0 aliphatic carbocycles. The van der Waals surface area contributed by atoms with Crippen LogP contribution in [0.5, 0.6) is 0 Å². The van der Waals surface area contributed by atoms with Gasteiger partial charge in [0.1, 0.15) is 0 Å². The third-order valence-electron chi connectivity index (χ3n) is 4.03. The molecule has 0 unspecified atom stereocenters. The first-order valence-electron chi connectivity index (χ1n) is 9.06. The molecular formula is C18H40ClP. The van der Waals surface area contributed by atoms with Crippen LogP contribution in [0.2, 0.25) is 0 Å². The minimum absolute atomic E-state index is 0. The van der Waals surface area contributed by atoms with E-state index < -0.39 is 0 Å². The van der Waals surface area contributed by atoms with Crippen molar-refractivity contribution in [2.24, 2.45) is 0 Å². The molecule has 0 radical (unpaired) electrons. The molecule has 124 valence electrons. The van der Waals surface area contributed by atoms with Crippen LogP contribution >= 0.6 is 7.92 Å². The maximum Gasteiger partial charge on any atom is 0.0566 e. The molecular weight excluding hydrogens is 283 g/mol. The first-order valence-corrected chi connectivity index (χ1v) is 11.8. The van der Waals surface area contributed by atoms with Crippen molar-refractivity contribution in [2.75, 3.05) is 19.5 Å². The fraction of sp³-hybridized carbons (Fsp3) is 1.00. The predicted octanol–water partition coefficient (Wildman–Crippen LogP) is 3.95. The summed E-state index contributed by atoms with van der Waals surface area (Å²) in [5.74, 6) is 0. The molecule has 20 heavy (non-hydrogen) atoms. The van der Waals surface area contributed by atoms with Crippen LogP contribution < -0.4 is 12.4 Å². The summed E-state index contributed by atoms with van der Waals surface area (Å²) in [4.78, 5) is 0. The van der Waals surface area contributed by atoms with E-state index in [9.17, 15) is 0 Å². The third-order valence-corrected chi connectivity index (χ3v) is 5.38. The summed E-state index contributed by atoms with van der Waals surface area (Å²) in [6, 6.07) is 0. The molecule has 0 N–H and O–H groups in total.